The van der Waals surface area contributed by atoms with Crippen LogP contribution < -0.4 is 10.5 Å². The number of aryl methyl sites for hydroxylation is 1. The Bertz CT molecular complexity index is 509. The van der Waals surface area contributed by atoms with Gasteiger partial charge in [0.1, 0.15) is 11.5 Å². The van der Waals surface area contributed by atoms with E-state index in [2.05, 4.69) is 17.1 Å². The molecular weight excluding hydrogens is 224 g/mol. The minimum absolute atomic E-state index is 0.152. The van der Waals surface area contributed by atoms with Gasteiger partial charge in [0, 0.05) is 12.2 Å². The van der Waals surface area contributed by atoms with Crippen LogP contribution >= 0.6 is 0 Å². The lowest BCUT2D eigenvalue weighted by Crippen LogP contribution is -2.17. The van der Waals surface area contributed by atoms with E-state index in [0.29, 0.717) is 0 Å². The highest BCUT2D eigenvalue weighted by atomic mass is 16.5. The number of hydrogen-bond donors (Lipinski definition) is 1. The van der Waals surface area contributed by atoms with Crippen molar-refractivity contribution in [3.8, 4) is 11.5 Å². The van der Waals surface area contributed by atoms with Crippen molar-refractivity contribution in [2.24, 2.45) is 5.73 Å². The third-order valence-corrected chi connectivity index (χ3v) is 2.67. The monoisotopic (exact) mass is 242 g/mol. The number of aromatic nitrogens is 1. The molecule has 18 heavy (non-hydrogen) atoms. The van der Waals surface area contributed by atoms with Crippen LogP contribution in [0.2, 0.25) is 0 Å². The molecule has 3 heteroatoms. The number of nitrogens with two attached hydrogens (primary N) is 1. The summed E-state index contributed by atoms with van der Waals surface area (Å²) in [5.41, 5.74) is 8.11. The normalized spacial score (nSPS) is 12.2. The van der Waals surface area contributed by atoms with Crippen LogP contribution in [0.3, 0.4) is 0 Å². The van der Waals surface area contributed by atoms with Gasteiger partial charge in [-0.2, -0.15) is 0 Å². The van der Waals surface area contributed by atoms with E-state index >= 15 is 0 Å². The molecule has 2 rings (SSSR count). The van der Waals surface area contributed by atoms with Crippen molar-refractivity contribution in [3.63, 3.8) is 0 Å². The fourth-order valence-electron chi connectivity index (χ4n) is 1.79. The van der Waals surface area contributed by atoms with E-state index < -0.39 is 0 Å². The molecule has 1 aromatic heterocycles. The fraction of sp³-hybridized carbons (Fsp3) is 0.267. The van der Waals surface area contributed by atoms with Crippen molar-refractivity contribution >= 4 is 0 Å². The van der Waals surface area contributed by atoms with Gasteiger partial charge in [-0.1, -0.05) is 12.1 Å². The van der Waals surface area contributed by atoms with Crippen molar-refractivity contribution in [1.29, 1.82) is 0 Å². The highest BCUT2D eigenvalue weighted by Gasteiger charge is 2.05. The summed E-state index contributed by atoms with van der Waals surface area (Å²) in [6, 6.07) is 10.1. The molecule has 0 amide bonds. The highest BCUT2D eigenvalue weighted by molar-refractivity contribution is 5.39. The van der Waals surface area contributed by atoms with E-state index in [1.807, 2.05) is 32.0 Å². The lowest BCUT2D eigenvalue weighted by atomic mass is 10.1. The first-order chi connectivity index (χ1) is 8.65. The molecule has 0 aliphatic carbocycles. The van der Waals surface area contributed by atoms with E-state index in [-0.39, 0.29) is 6.04 Å². The minimum atomic E-state index is 0.152. The van der Waals surface area contributed by atoms with E-state index in [4.69, 9.17) is 10.5 Å². The summed E-state index contributed by atoms with van der Waals surface area (Å²) in [6.45, 7) is 4.03. The third-order valence-electron chi connectivity index (χ3n) is 2.67. The lowest BCUT2D eigenvalue weighted by Gasteiger charge is -2.11. The Labute approximate surface area is 108 Å². The Morgan fingerprint density at radius 1 is 1.33 bits per heavy atom. The van der Waals surface area contributed by atoms with Gasteiger partial charge in [-0.15, -0.1) is 0 Å². The van der Waals surface area contributed by atoms with E-state index in [9.17, 15) is 0 Å². The summed E-state index contributed by atoms with van der Waals surface area (Å²) in [7, 11) is 0. The first-order valence-corrected chi connectivity index (χ1v) is 6.08. The molecule has 0 aliphatic heterocycles. The lowest BCUT2D eigenvalue weighted by molar-refractivity contribution is 0.475. The van der Waals surface area contributed by atoms with Gasteiger partial charge in [-0.05, 0) is 49.6 Å². The molecule has 0 saturated heterocycles. The number of pyridine rings is 1. The molecule has 0 aliphatic rings. The standard InChI is InChI=1S/C15H18N2O/c1-11-5-6-13(8-12(2)16)9-15(11)18-14-4-3-7-17-10-14/h3-7,9-10,12H,8,16H2,1-2H3. The predicted octanol–water partition coefficient (Wildman–Crippen LogP) is 3.07. The van der Waals surface area contributed by atoms with Crippen molar-refractivity contribution in [1.82, 2.24) is 4.98 Å². The van der Waals surface area contributed by atoms with Gasteiger partial charge in [0.05, 0.1) is 6.20 Å². The van der Waals surface area contributed by atoms with Crippen molar-refractivity contribution in [3.05, 3.63) is 53.9 Å². The fourth-order valence-corrected chi connectivity index (χ4v) is 1.79. The quantitative estimate of drug-likeness (QED) is 0.896. The maximum Gasteiger partial charge on any atom is 0.145 e. The van der Waals surface area contributed by atoms with Gasteiger partial charge >= 0.3 is 0 Å². The first kappa shape index (κ1) is 12.6. The van der Waals surface area contributed by atoms with Crippen LogP contribution in [0.5, 0.6) is 11.5 Å². The summed E-state index contributed by atoms with van der Waals surface area (Å²) in [5, 5.41) is 0. The number of rotatable bonds is 4. The van der Waals surface area contributed by atoms with Crippen LogP contribution in [-0.2, 0) is 6.42 Å². The maximum absolute atomic E-state index is 5.83. The second-order valence-electron chi connectivity index (χ2n) is 4.57. The molecular formula is C15H18N2O. The molecule has 3 nitrogen and oxygen atoms in total. The number of hydrogen-bond acceptors (Lipinski definition) is 3. The molecule has 1 aromatic carbocycles. The molecule has 94 valence electrons. The highest BCUT2D eigenvalue weighted by Crippen LogP contribution is 2.25. The van der Waals surface area contributed by atoms with Crippen LogP contribution in [0.1, 0.15) is 18.1 Å². The van der Waals surface area contributed by atoms with Gasteiger partial charge < -0.3 is 10.5 Å². The van der Waals surface area contributed by atoms with Crippen molar-refractivity contribution in [2.75, 3.05) is 0 Å². The second kappa shape index (κ2) is 5.65. The molecule has 0 radical (unpaired) electrons. The number of nitrogens with zero attached hydrogens (tertiary/aromatic N) is 1. The number of benzene rings is 1. The van der Waals surface area contributed by atoms with Crippen LogP contribution in [0, 0.1) is 6.92 Å². The molecule has 2 N–H and O–H groups in total. The molecule has 1 atom stereocenters. The van der Waals surface area contributed by atoms with Gasteiger partial charge in [-0.25, -0.2) is 0 Å². The predicted molar refractivity (Wildman–Crippen MR) is 72.8 cm³/mol. The second-order valence-corrected chi connectivity index (χ2v) is 4.57. The summed E-state index contributed by atoms with van der Waals surface area (Å²) in [4.78, 5) is 4.04. The van der Waals surface area contributed by atoms with Gasteiger partial charge in [-0.3, -0.25) is 4.98 Å². The Morgan fingerprint density at radius 2 is 2.17 bits per heavy atom. The van der Waals surface area contributed by atoms with Gasteiger partial charge in [0.25, 0.3) is 0 Å². The van der Waals surface area contributed by atoms with Gasteiger partial charge in [0.15, 0.2) is 0 Å². The Kier molecular flexibility index (Phi) is 3.95. The van der Waals surface area contributed by atoms with Crippen molar-refractivity contribution in [2.45, 2.75) is 26.3 Å². The first-order valence-electron chi connectivity index (χ1n) is 6.08. The van der Waals surface area contributed by atoms with E-state index in [1.165, 1.54) is 5.56 Å². The van der Waals surface area contributed by atoms with Crippen LogP contribution in [0.15, 0.2) is 42.7 Å². The van der Waals surface area contributed by atoms with Crippen LogP contribution in [-0.4, -0.2) is 11.0 Å². The Balaban J connectivity index is 2.21. The molecule has 0 spiro atoms. The molecule has 2 aromatic rings. The van der Waals surface area contributed by atoms with E-state index in [0.717, 1.165) is 23.5 Å². The average molecular weight is 242 g/mol. The minimum Gasteiger partial charge on any atom is -0.455 e. The van der Waals surface area contributed by atoms with Crippen molar-refractivity contribution < 1.29 is 4.74 Å². The number of ether oxygens (including phenoxy) is 1. The largest absolute Gasteiger partial charge is 0.455 e. The van der Waals surface area contributed by atoms with Crippen LogP contribution in [0.25, 0.3) is 0 Å². The Morgan fingerprint density at radius 3 is 2.83 bits per heavy atom. The van der Waals surface area contributed by atoms with Crippen LogP contribution in [0.4, 0.5) is 0 Å². The zero-order chi connectivity index (χ0) is 13.0. The molecule has 0 fully saturated rings. The topological polar surface area (TPSA) is 48.1 Å². The zero-order valence-corrected chi connectivity index (χ0v) is 10.8. The Hall–Kier alpha value is -1.87. The summed E-state index contributed by atoms with van der Waals surface area (Å²) in [5.74, 6) is 1.61. The van der Waals surface area contributed by atoms with Gasteiger partial charge in [0.2, 0.25) is 0 Å². The molecule has 0 bridgehead atoms. The zero-order valence-electron chi connectivity index (χ0n) is 10.8. The van der Waals surface area contributed by atoms with E-state index in [1.54, 1.807) is 12.4 Å². The summed E-state index contributed by atoms with van der Waals surface area (Å²) >= 11 is 0. The molecule has 0 saturated carbocycles. The average Bonchev–Trinajstić information content (AvgIpc) is 2.34. The SMILES string of the molecule is Cc1ccc(CC(C)N)cc1Oc1cccnc1. The summed E-state index contributed by atoms with van der Waals surface area (Å²) < 4.78 is 5.83. The summed E-state index contributed by atoms with van der Waals surface area (Å²) in [6.07, 6.45) is 4.29. The maximum atomic E-state index is 5.83. The molecule has 1 heterocycles. The molecule has 1 unspecified atom stereocenters. The third kappa shape index (κ3) is 3.31. The smallest absolute Gasteiger partial charge is 0.145 e.